The van der Waals surface area contributed by atoms with Gasteiger partial charge in [0.15, 0.2) is 0 Å². The van der Waals surface area contributed by atoms with Crippen LogP contribution in [0.25, 0.3) is 4.96 Å². The van der Waals surface area contributed by atoms with E-state index in [-0.39, 0.29) is 5.56 Å². The molecule has 124 valence electrons. The van der Waals surface area contributed by atoms with Gasteiger partial charge in [0, 0.05) is 25.2 Å². The van der Waals surface area contributed by atoms with Crippen molar-refractivity contribution in [2.24, 2.45) is 0 Å². The Morgan fingerprint density at radius 1 is 1.21 bits per heavy atom. The molecule has 2 aromatic heterocycles. The highest BCUT2D eigenvalue weighted by atomic mass is 32.1. The quantitative estimate of drug-likeness (QED) is 0.716. The van der Waals surface area contributed by atoms with Crippen LogP contribution in [0.3, 0.4) is 0 Å². The molecular formula is C18H20N4OS. The Kier molecular flexibility index (Phi) is 3.94. The maximum atomic E-state index is 12.2. The molecule has 0 radical (unpaired) electrons. The van der Waals surface area contributed by atoms with Gasteiger partial charge in [0.2, 0.25) is 4.96 Å². The fourth-order valence-corrected chi connectivity index (χ4v) is 3.69. The molecule has 0 atom stereocenters. The van der Waals surface area contributed by atoms with E-state index in [1.165, 1.54) is 39.8 Å². The van der Waals surface area contributed by atoms with Crippen molar-refractivity contribution in [3.63, 3.8) is 0 Å². The summed E-state index contributed by atoms with van der Waals surface area (Å²) < 4.78 is 1.39. The molecule has 0 spiro atoms. The van der Waals surface area contributed by atoms with Crippen molar-refractivity contribution in [1.29, 1.82) is 0 Å². The molecule has 1 aromatic carbocycles. The zero-order valence-corrected chi connectivity index (χ0v) is 14.7. The normalized spacial score (nSPS) is 14.6. The lowest BCUT2D eigenvalue weighted by Crippen LogP contribution is -2.27. The molecule has 3 aromatic rings. The van der Waals surface area contributed by atoms with Gasteiger partial charge in [-0.25, -0.2) is 4.98 Å². The summed E-state index contributed by atoms with van der Waals surface area (Å²) in [5.41, 5.74) is 3.32. The van der Waals surface area contributed by atoms with E-state index in [0.29, 0.717) is 17.5 Å². The van der Waals surface area contributed by atoms with Gasteiger partial charge >= 0.3 is 0 Å². The van der Waals surface area contributed by atoms with Crippen molar-refractivity contribution in [3.8, 4) is 0 Å². The second-order valence-corrected chi connectivity index (χ2v) is 7.68. The topological polar surface area (TPSA) is 50.5 Å². The highest BCUT2D eigenvalue weighted by Crippen LogP contribution is 2.29. The molecular weight excluding hydrogens is 320 g/mol. The highest BCUT2D eigenvalue weighted by molar-refractivity contribution is 7.16. The number of hydrogen-bond donors (Lipinski definition) is 0. The largest absolute Gasteiger partial charge is 0.290 e. The van der Waals surface area contributed by atoms with Gasteiger partial charge in [0.1, 0.15) is 5.01 Å². The molecule has 0 N–H and O–H groups in total. The van der Waals surface area contributed by atoms with Crippen LogP contribution in [0.1, 0.15) is 34.7 Å². The summed E-state index contributed by atoms with van der Waals surface area (Å²) in [6, 6.07) is 10.9. The van der Waals surface area contributed by atoms with Gasteiger partial charge < -0.3 is 0 Å². The van der Waals surface area contributed by atoms with Gasteiger partial charge in [-0.2, -0.15) is 9.61 Å². The summed E-state index contributed by atoms with van der Waals surface area (Å²) >= 11 is 1.46. The van der Waals surface area contributed by atoms with E-state index >= 15 is 0 Å². The molecule has 0 amide bonds. The Labute approximate surface area is 144 Å². The molecule has 1 aliphatic rings. The van der Waals surface area contributed by atoms with Gasteiger partial charge in [0.25, 0.3) is 5.56 Å². The van der Waals surface area contributed by atoms with Gasteiger partial charge in [-0.05, 0) is 32.3 Å². The van der Waals surface area contributed by atoms with Crippen LogP contribution in [-0.4, -0.2) is 25.5 Å². The van der Waals surface area contributed by atoms with Gasteiger partial charge in [-0.3, -0.25) is 9.69 Å². The maximum Gasteiger partial charge on any atom is 0.275 e. The van der Waals surface area contributed by atoms with Crippen molar-refractivity contribution in [2.45, 2.75) is 45.8 Å². The molecule has 0 aliphatic heterocycles. The SMILES string of the molecule is Cc1ccc(CN(Cc2cc(=O)n3nc(C)sc3n2)C2CC2)cc1. The van der Waals surface area contributed by atoms with Crippen LogP contribution in [0, 0.1) is 13.8 Å². The highest BCUT2D eigenvalue weighted by Gasteiger charge is 2.29. The third-order valence-electron chi connectivity index (χ3n) is 4.33. The Morgan fingerprint density at radius 2 is 1.96 bits per heavy atom. The summed E-state index contributed by atoms with van der Waals surface area (Å²) in [7, 11) is 0. The lowest BCUT2D eigenvalue weighted by molar-refractivity contribution is 0.243. The van der Waals surface area contributed by atoms with E-state index < -0.39 is 0 Å². The van der Waals surface area contributed by atoms with Gasteiger partial charge in [-0.1, -0.05) is 41.2 Å². The van der Waals surface area contributed by atoms with Crippen LogP contribution in [0.5, 0.6) is 0 Å². The Morgan fingerprint density at radius 3 is 2.67 bits per heavy atom. The molecule has 1 fully saturated rings. The third kappa shape index (κ3) is 3.25. The average Bonchev–Trinajstić information content (AvgIpc) is 3.31. The summed E-state index contributed by atoms with van der Waals surface area (Å²) in [4.78, 5) is 20.0. The van der Waals surface area contributed by atoms with Crippen LogP contribution in [0.2, 0.25) is 0 Å². The number of benzene rings is 1. The monoisotopic (exact) mass is 340 g/mol. The van der Waals surface area contributed by atoms with Gasteiger partial charge in [0.05, 0.1) is 5.69 Å². The summed E-state index contributed by atoms with van der Waals surface area (Å²) in [6.07, 6.45) is 2.46. The van der Waals surface area contributed by atoms with E-state index in [0.717, 1.165) is 17.2 Å². The first kappa shape index (κ1) is 15.5. The van der Waals surface area contributed by atoms with Crippen molar-refractivity contribution in [2.75, 3.05) is 0 Å². The number of aryl methyl sites for hydroxylation is 2. The molecule has 0 saturated heterocycles. The molecule has 0 bridgehead atoms. The lowest BCUT2D eigenvalue weighted by Gasteiger charge is -2.21. The molecule has 5 nitrogen and oxygen atoms in total. The fraction of sp³-hybridized carbons (Fsp3) is 0.389. The second kappa shape index (κ2) is 6.11. The fourth-order valence-electron chi connectivity index (χ4n) is 2.92. The molecule has 2 heterocycles. The number of nitrogens with zero attached hydrogens (tertiary/aromatic N) is 4. The summed E-state index contributed by atoms with van der Waals surface area (Å²) in [5.74, 6) is 0. The van der Waals surface area contributed by atoms with Crippen molar-refractivity contribution in [1.82, 2.24) is 19.5 Å². The van der Waals surface area contributed by atoms with Gasteiger partial charge in [-0.15, -0.1) is 0 Å². The van der Waals surface area contributed by atoms with Crippen molar-refractivity contribution < 1.29 is 0 Å². The molecule has 4 rings (SSSR count). The van der Waals surface area contributed by atoms with E-state index in [2.05, 4.69) is 46.2 Å². The Hall–Kier alpha value is -2.05. The molecule has 6 heteroatoms. The minimum Gasteiger partial charge on any atom is -0.290 e. The Bertz CT molecular complexity index is 924. The minimum atomic E-state index is -0.0922. The zero-order valence-electron chi connectivity index (χ0n) is 13.9. The van der Waals surface area contributed by atoms with Crippen LogP contribution in [-0.2, 0) is 13.1 Å². The van der Waals surface area contributed by atoms with Crippen LogP contribution in [0.15, 0.2) is 35.1 Å². The second-order valence-electron chi connectivity index (χ2n) is 6.52. The predicted octanol–water partition coefficient (Wildman–Crippen LogP) is 2.93. The molecule has 24 heavy (non-hydrogen) atoms. The first-order chi connectivity index (χ1) is 11.6. The maximum absolute atomic E-state index is 12.2. The summed E-state index contributed by atoms with van der Waals surface area (Å²) in [6.45, 7) is 5.60. The Balaban J connectivity index is 1.59. The zero-order chi connectivity index (χ0) is 16.7. The minimum absolute atomic E-state index is 0.0922. The average molecular weight is 340 g/mol. The number of hydrogen-bond acceptors (Lipinski definition) is 5. The number of rotatable bonds is 5. The smallest absolute Gasteiger partial charge is 0.275 e. The molecule has 1 saturated carbocycles. The standard InChI is InChI=1S/C18H20N4OS/c1-12-3-5-14(6-4-12)10-21(16-7-8-16)11-15-9-17(23)22-18(19-15)24-13(2)20-22/h3-6,9,16H,7-8,10-11H2,1-2H3. The van der Waals surface area contributed by atoms with Crippen molar-refractivity contribution in [3.05, 3.63) is 62.5 Å². The number of fused-ring (bicyclic) bond motifs is 1. The first-order valence-electron chi connectivity index (χ1n) is 8.24. The van der Waals surface area contributed by atoms with Crippen LogP contribution >= 0.6 is 11.3 Å². The third-order valence-corrected chi connectivity index (χ3v) is 5.16. The van der Waals surface area contributed by atoms with E-state index in [1.807, 2.05) is 6.92 Å². The van der Waals surface area contributed by atoms with E-state index in [4.69, 9.17) is 0 Å². The van der Waals surface area contributed by atoms with E-state index in [1.54, 1.807) is 6.07 Å². The van der Waals surface area contributed by atoms with Crippen LogP contribution in [0.4, 0.5) is 0 Å². The molecule has 1 aliphatic carbocycles. The first-order valence-corrected chi connectivity index (χ1v) is 9.06. The number of aromatic nitrogens is 3. The summed E-state index contributed by atoms with van der Waals surface area (Å²) in [5, 5.41) is 5.06. The lowest BCUT2D eigenvalue weighted by atomic mass is 10.1. The predicted molar refractivity (Wildman–Crippen MR) is 95.3 cm³/mol. The molecule has 0 unspecified atom stereocenters. The van der Waals surface area contributed by atoms with Crippen molar-refractivity contribution >= 4 is 16.3 Å². The van der Waals surface area contributed by atoms with Crippen LogP contribution < -0.4 is 5.56 Å². The van der Waals surface area contributed by atoms with E-state index in [9.17, 15) is 4.79 Å².